The summed E-state index contributed by atoms with van der Waals surface area (Å²) in [5.41, 5.74) is 0.747. The van der Waals surface area contributed by atoms with Gasteiger partial charge in [-0.1, -0.05) is 19.9 Å². The molecule has 0 aliphatic carbocycles. The van der Waals surface area contributed by atoms with E-state index in [1.54, 1.807) is 0 Å². The van der Waals surface area contributed by atoms with Gasteiger partial charge in [-0.3, -0.25) is 0 Å². The lowest BCUT2D eigenvalue weighted by atomic mass is 9.98. The molecule has 0 aliphatic rings. The lowest BCUT2D eigenvalue weighted by molar-refractivity contribution is -0.146. The van der Waals surface area contributed by atoms with E-state index in [0.717, 1.165) is 6.07 Å². The Balaban J connectivity index is 3.14. The fourth-order valence-electron chi connectivity index (χ4n) is 1.27. The van der Waals surface area contributed by atoms with E-state index in [9.17, 15) is 14.3 Å². The standard InChI is InChI=1S/C11H13FO3/c1-6(2)7-3-8(5-9(12)4-7)10(13)11(14)15/h3-6,10,13H,1-2H3,(H,14,15). The molecule has 1 atom stereocenters. The molecule has 0 bridgehead atoms. The Labute approximate surface area is 87.2 Å². The molecule has 0 heterocycles. The Morgan fingerprint density at radius 2 is 1.80 bits per heavy atom. The van der Waals surface area contributed by atoms with Crippen LogP contribution >= 0.6 is 0 Å². The second-order valence-electron chi connectivity index (χ2n) is 3.71. The normalized spacial score (nSPS) is 12.9. The van der Waals surface area contributed by atoms with Crippen LogP contribution in [0.4, 0.5) is 4.39 Å². The molecule has 0 fully saturated rings. The zero-order valence-corrected chi connectivity index (χ0v) is 8.57. The van der Waals surface area contributed by atoms with Crippen molar-refractivity contribution in [1.29, 1.82) is 0 Å². The van der Waals surface area contributed by atoms with Gasteiger partial charge in [-0.05, 0) is 29.2 Å². The molecule has 2 N–H and O–H groups in total. The SMILES string of the molecule is CC(C)c1cc(F)cc(C(O)C(=O)O)c1. The highest BCUT2D eigenvalue weighted by molar-refractivity contribution is 5.74. The average Bonchev–Trinajstić information content (AvgIpc) is 2.15. The van der Waals surface area contributed by atoms with Crippen molar-refractivity contribution in [3.63, 3.8) is 0 Å². The number of aliphatic hydroxyl groups excluding tert-OH is 1. The minimum absolute atomic E-state index is 0.0752. The largest absolute Gasteiger partial charge is 0.479 e. The number of aliphatic hydroxyl groups is 1. The number of carbonyl (C=O) groups is 1. The first-order valence-electron chi connectivity index (χ1n) is 4.63. The molecule has 0 aliphatic heterocycles. The van der Waals surface area contributed by atoms with Crippen LogP contribution in [0.2, 0.25) is 0 Å². The number of carboxylic acid groups (broad SMARTS) is 1. The van der Waals surface area contributed by atoms with Crippen LogP contribution in [0.3, 0.4) is 0 Å². The van der Waals surface area contributed by atoms with Gasteiger partial charge in [0.2, 0.25) is 0 Å². The highest BCUT2D eigenvalue weighted by atomic mass is 19.1. The second kappa shape index (κ2) is 4.40. The number of halogens is 1. The third-order valence-electron chi connectivity index (χ3n) is 2.16. The molecular formula is C11H13FO3. The first-order chi connectivity index (χ1) is 6.91. The molecule has 1 rings (SSSR count). The van der Waals surface area contributed by atoms with Gasteiger partial charge in [-0.2, -0.15) is 0 Å². The van der Waals surface area contributed by atoms with Gasteiger partial charge < -0.3 is 10.2 Å². The Kier molecular flexibility index (Phi) is 3.42. The van der Waals surface area contributed by atoms with Gasteiger partial charge in [0.05, 0.1) is 0 Å². The first kappa shape index (κ1) is 11.7. The van der Waals surface area contributed by atoms with Crippen LogP contribution in [0.1, 0.15) is 37.0 Å². The molecule has 0 amide bonds. The summed E-state index contributed by atoms with van der Waals surface area (Å²) in [7, 11) is 0. The number of hydrogen-bond acceptors (Lipinski definition) is 2. The monoisotopic (exact) mass is 212 g/mol. The van der Waals surface area contributed by atoms with E-state index in [4.69, 9.17) is 5.11 Å². The summed E-state index contributed by atoms with van der Waals surface area (Å²) in [5.74, 6) is -1.83. The van der Waals surface area contributed by atoms with Crippen molar-refractivity contribution >= 4 is 5.97 Å². The Morgan fingerprint density at radius 1 is 1.27 bits per heavy atom. The molecule has 0 saturated heterocycles. The van der Waals surface area contributed by atoms with Crippen molar-refractivity contribution in [1.82, 2.24) is 0 Å². The number of hydrogen-bond donors (Lipinski definition) is 2. The fourth-order valence-corrected chi connectivity index (χ4v) is 1.27. The van der Waals surface area contributed by atoms with Crippen LogP contribution in [0.25, 0.3) is 0 Å². The van der Waals surface area contributed by atoms with Crippen LogP contribution < -0.4 is 0 Å². The number of carboxylic acids is 1. The van der Waals surface area contributed by atoms with Crippen molar-refractivity contribution < 1.29 is 19.4 Å². The predicted molar refractivity (Wildman–Crippen MR) is 53.1 cm³/mol. The minimum atomic E-state index is -1.67. The van der Waals surface area contributed by atoms with Crippen molar-refractivity contribution in [2.45, 2.75) is 25.9 Å². The van der Waals surface area contributed by atoms with E-state index in [1.807, 2.05) is 13.8 Å². The smallest absolute Gasteiger partial charge is 0.337 e. The van der Waals surface area contributed by atoms with Crippen LogP contribution in [-0.4, -0.2) is 16.2 Å². The summed E-state index contributed by atoms with van der Waals surface area (Å²) in [4.78, 5) is 10.5. The van der Waals surface area contributed by atoms with Crippen LogP contribution in [0.15, 0.2) is 18.2 Å². The van der Waals surface area contributed by atoms with Gasteiger partial charge in [0.1, 0.15) is 5.82 Å². The van der Waals surface area contributed by atoms with Crippen molar-refractivity contribution in [3.8, 4) is 0 Å². The van der Waals surface area contributed by atoms with E-state index in [0.29, 0.717) is 5.56 Å². The Morgan fingerprint density at radius 3 is 2.27 bits per heavy atom. The maximum Gasteiger partial charge on any atom is 0.337 e. The van der Waals surface area contributed by atoms with Gasteiger partial charge in [0.15, 0.2) is 6.10 Å². The third kappa shape index (κ3) is 2.76. The minimum Gasteiger partial charge on any atom is -0.479 e. The highest BCUT2D eigenvalue weighted by Gasteiger charge is 2.17. The molecule has 82 valence electrons. The molecule has 1 aromatic carbocycles. The molecular weight excluding hydrogens is 199 g/mol. The summed E-state index contributed by atoms with van der Waals surface area (Å²) < 4.78 is 13.1. The quantitative estimate of drug-likeness (QED) is 0.806. The summed E-state index contributed by atoms with van der Waals surface area (Å²) in [5, 5.41) is 17.8. The van der Waals surface area contributed by atoms with E-state index in [2.05, 4.69) is 0 Å². The van der Waals surface area contributed by atoms with Crippen LogP contribution in [0, 0.1) is 5.82 Å². The lowest BCUT2D eigenvalue weighted by Crippen LogP contribution is -2.11. The van der Waals surface area contributed by atoms with Crippen molar-refractivity contribution in [2.24, 2.45) is 0 Å². The number of rotatable bonds is 3. The van der Waals surface area contributed by atoms with Crippen molar-refractivity contribution in [2.75, 3.05) is 0 Å². The van der Waals surface area contributed by atoms with Gasteiger partial charge >= 0.3 is 5.97 Å². The summed E-state index contributed by atoms with van der Waals surface area (Å²) in [6, 6.07) is 3.87. The Hall–Kier alpha value is -1.42. The fraction of sp³-hybridized carbons (Fsp3) is 0.364. The van der Waals surface area contributed by atoms with Gasteiger partial charge in [0, 0.05) is 0 Å². The lowest BCUT2D eigenvalue weighted by Gasteiger charge is -2.11. The maximum absolute atomic E-state index is 13.1. The maximum atomic E-state index is 13.1. The molecule has 4 heteroatoms. The van der Waals surface area contributed by atoms with E-state index in [-0.39, 0.29) is 11.5 Å². The molecule has 0 radical (unpaired) electrons. The van der Waals surface area contributed by atoms with Gasteiger partial charge in [-0.25, -0.2) is 9.18 Å². The number of benzene rings is 1. The zero-order valence-electron chi connectivity index (χ0n) is 8.57. The molecule has 15 heavy (non-hydrogen) atoms. The highest BCUT2D eigenvalue weighted by Crippen LogP contribution is 2.22. The second-order valence-corrected chi connectivity index (χ2v) is 3.71. The average molecular weight is 212 g/mol. The molecule has 1 unspecified atom stereocenters. The van der Waals surface area contributed by atoms with E-state index in [1.165, 1.54) is 12.1 Å². The zero-order chi connectivity index (χ0) is 11.6. The first-order valence-corrected chi connectivity index (χ1v) is 4.63. The summed E-state index contributed by atoms with van der Waals surface area (Å²) in [6.45, 7) is 3.73. The summed E-state index contributed by atoms with van der Waals surface area (Å²) in [6.07, 6.45) is -1.67. The molecule has 1 aromatic rings. The molecule has 0 aromatic heterocycles. The summed E-state index contributed by atoms with van der Waals surface area (Å²) >= 11 is 0. The van der Waals surface area contributed by atoms with Gasteiger partial charge in [-0.15, -0.1) is 0 Å². The van der Waals surface area contributed by atoms with Crippen LogP contribution in [0.5, 0.6) is 0 Å². The molecule has 3 nitrogen and oxygen atoms in total. The van der Waals surface area contributed by atoms with Crippen molar-refractivity contribution in [3.05, 3.63) is 35.1 Å². The molecule has 0 spiro atoms. The van der Waals surface area contributed by atoms with E-state index >= 15 is 0 Å². The topological polar surface area (TPSA) is 57.5 Å². The molecule has 0 saturated carbocycles. The van der Waals surface area contributed by atoms with E-state index < -0.39 is 17.9 Å². The number of aliphatic carboxylic acids is 1. The predicted octanol–water partition coefficient (Wildman–Crippen LogP) is 2.07. The Bertz CT molecular complexity index is 374. The van der Waals surface area contributed by atoms with Crippen LogP contribution in [-0.2, 0) is 4.79 Å². The van der Waals surface area contributed by atoms with Gasteiger partial charge in [0.25, 0.3) is 0 Å². The third-order valence-corrected chi connectivity index (χ3v) is 2.16.